The summed E-state index contributed by atoms with van der Waals surface area (Å²) in [4.78, 5) is 11.5. The van der Waals surface area contributed by atoms with E-state index in [1.807, 2.05) is 0 Å². The van der Waals surface area contributed by atoms with Gasteiger partial charge in [-0.3, -0.25) is 0 Å². The van der Waals surface area contributed by atoms with Gasteiger partial charge in [-0.15, -0.1) is 0 Å². The van der Waals surface area contributed by atoms with Crippen LogP contribution in [0.25, 0.3) is 0 Å². The molecule has 0 saturated heterocycles. The van der Waals surface area contributed by atoms with Crippen LogP contribution < -0.4 is 10.6 Å². The van der Waals surface area contributed by atoms with Gasteiger partial charge in [0.2, 0.25) is 0 Å². The monoisotopic (exact) mass is 212 g/mol. The van der Waals surface area contributed by atoms with Crippen LogP contribution in [0.4, 0.5) is 4.79 Å². The van der Waals surface area contributed by atoms with Crippen LogP contribution in [0, 0.1) is 5.41 Å². The van der Waals surface area contributed by atoms with Gasteiger partial charge in [-0.25, -0.2) is 4.79 Å². The molecule has 2 aliphatic rings. The van der Waals surface area contributed by atoms with Crippen LogP contribution in [0.1, 0.15) is 38.5 Å². The smallest absolute Gasteiger partial charge is 0.315 e. The molecule has 2 aliphatic carbocycles. The number of nitrogens with one attached hydrogen (secondary N) is 2. The molecule has 2 fully saturated rings. The molecule has 86 valence electrons. The van der Waals surface area contributed by atoms with Crippen LogP contribution >= 0.6 is 0 Å². The van der Waals surface area contributed by atoms with Crippen LogP contribution in [-0.2, 0) is 0 Å². The van der Waals surface area contributed by atoms with Crippen molar-refractivity contribution in [3.8, 4) is 0 Å². The van der Waals surface area contributed by atoms with Crippen LogP contribution in [0.5, 0.6) is 0 Å². The Balaban J connectivity index is 1.64. The van der Waals surface area contributed by atoms with Gasteiger partial charge in [0.25, 0.3) is 0 Å². The van der Waals surface area contributed by atoms with Gasteiger partial charge in [-0.2, -0.15) is 0 Å². The van der Waals surface area contributed by atoms with E-state index in [1.54, 1.807) is 0 Å². The van der Waals surface area contributed by atoms with Crippen molar-refractivity contribution in [2.75, 3.05) is 13.2 Å². The Morgan fingerprint density at radius 1 is 1.33 bits per heavy atom. The molecule has 0 heterocycles. The van der Waals surface area contributed by atoms with Crippen molar-refractivity contribution in [2.45, 2.75) is 44.6 Å². The van der Waals surface area contributed by atoms with E-state index >= 15 is 0 Å². The molecule has 4 heteroatoms. The number of hydrogen-bond acceptors (Lipinski definition) is 2. The van der Waals surface area contributed by atoms with E-state index in [0.29, 0.717) is 12.6 Å². The van der Waals surface area contributed by atoms with E-state index in [0.717, 1.165) is 25.7 Å². The van der Waals surface area contributed by atoms with E-state index in [1.165, 1.54) is 12.8 Å². The minimum Gasteiger partial charge on any atom is -0.396 e. The van der Waals surface area contributed by atoms with Crippen molar-refractivity contribution in [2.24, 2.45) is 5.41 Å². The molecule has 4 nitrogen and oxygen atoms in total. The molecule has 2 rings (SSSR count). The maximum atomic E-state index is 11.5. The van der Waals surface area contributed by atoms with Crippen LogP contribution in [0.3, 0.4) is 0 Å². The first-order valence-electron chi connectivity index (χ1n) is 5.89. The third kappa shape index (κ3) is 2.84. The number of carbonyl (C=O) groups excluding carboxylic acids is 1. The average molecular weight is 212 g/mol. The van der Waals surface area contributed by atoms with Gasteiger partial charge in [-0.1, -0.05) is 12.8 Å². The van der Waals surface area contributed by atoms with Crippen molar-refractivity contribution in [1.29, 1.82) is 0 Å². The summed E-state index contributed by atoms with van der Waals surface area (Å²) >= 11 is 0. The number of aliphatic hydroxyl groups excluding tert-OH is 1. The van der Waals surface area contributed by atoms with Crippen LogP contribution in [-0.4, -0.2) is 30.3 Å². The Hall–Kier alpha value is -0.770. The zero-order valence-corrected chi connectivity index (χ0v) is 9.09. The fourth-order valence-electron chi connectivity index (χ4n) is 2.14. The molecule has 0 aliphatic heterocycles. The molecule has 2 amide bonds. The summed E-state index contributed by atoms with van der Waals surface area (Å²) in [6.07, 6.45) is 6.74. The van der Waals surface area contributed by atoms with E-state index in [9.17, 15) is 4.79 Å². The number of rotatable bonds is 4. The number of aliphatic hydroxyl groups is 1. The zero-order valence-electron chi connectivity index (χ0n) is 9.09. The largest absolute Gasteiger partial charge is 0.396 e. The topological polar surface area (TPSA) is 61.4 Å². The Morgan fingerprint density at radius 3 is 2.53 bits per heavy atom. The molecule has 0 aromatic carbocycles. The zero-order chi connectivity index (χ0) is 10.7. The highest BCUT2D eigenvalue weighted by Gasteiger charge is 2.42. The molecule has 0 atom stereocenters. The summed E-state index contributed by atoms with van der Waals surface area (Å²) in [5.74, 6) is 0. The normalized spacial score (nSPS) is 23.8. The fourth-order valence-corrected chi connectivity index (χ4v) is 2.14. The summed E-state index contributed by atoms with van der Waals surface area (Å²) < 4.78 is 0. The lowest BCUT2D eigenvalue weighted by Gasteiger charge is -2.16. The minimum absolute atomic E-state index is 0.00696. The average Bonchev–Trinajstić information content (AvgIpc) is 2.86. The fraction of sp³-hybridized carbons (Fsp3) is 0.909. The van der Waals surface area contributed by atoms with Gasteiger partial charge < -0.3 is 15.7 Å². The molecule has 3 N–H and O–H groups in total. The lowest BCUT2D eigenvalue weighted by atomic mass is 10.1. The molecule has 0 unspecified atom stereocenters. The predicted molar refractivity (Wildman–Crippen MR) is 57.5 cm³/mol. The van der Waals surface area contributed by atoms with Crippen molar-refractivity contribution in [3.05, 3.63) is 0 Å². The number of amides is 2. The summed E-state index contributed by atoms with van der Waals surface area (Å²) in [5, 5.41) is 14.9. The van der Waals surface area contributed by atoms with Crippen molar-refractivity contribution < 1.29 is 9.90 Å². The second kappa shape index (κ2) is 4.39. The van der Waals surface area contributed by atoms with Gasteiger partial charge >= 0.3 is 6.03 Å². The number of urea groups is 1. The van der Waals surface area contributed by atoms with E-state index in [-0.39, 0.29) is 18.1 Å². The van der Waals surface area contributed by atoms with E-state index in [4.69, 9.17) is 5.11 Å². The third-order valence-electron chi connectivity index (χ3n) is 3.61. The molecule has 0 aromatic rings. The maximum absolute atomic E-state index is 11.5. The van der Waals surface area contributed by atoms with E-state index < -0.39 is 0 Å². The van der Waals surface area contributed by atoms with Gasteiger partial charge in [0.15, 0.2) is 0 Å². The van der Waals surface area contributed by atoms with Gasteiger partial charge in [0, 0.05) is 18.0 Å². The van der Waals surface area contributed by atoms with Crippen molar-refractivity contribution in [3.63, 3.8) is 0 Å². The van der Waals surface area contributed by atoms with Crippen molar-refractivity contribution in [1.82, 2.24) is 10.6 Å². The third-order valence-corrected chi connectivity index (χ3v) is 3.61. The predicted octanol–water partition coefficient (Wildman–Crippen LogP) is 1.00. The molecule has 0 radical (unpaired) electrons. The molecule has 15 heavy (non-hydrogen) atoms. The SMILES string of the molecule is O=C(NCC1(CO)CC1)NC1CCCC1. The lowest BCUT2D eigenvalue weighted by molar-refractivity contribution is 0.202. The molecular formula is C11H20N2O2. The van der Waals surface area contributed by atoms with E-state index in [2.05, 4.69) is 10.6 Å². The van der Waals surface area contributed by atoms with Crippen LogP contribution in [0.15, 0.2) is 0 Å². The Kier molecular flexibility index (Phi) is 3.14. The Labute approximate surface area is 90.4 Å². The molecule has 0 spiro atoms. The number of carbonyl (C=O) groups is 1. The summed E-state index contributed by atoms with van der Waals surface area (Å²) in [5.41, 5.74) is 0.00696. The summed E-state index contributed by atoms with van der Waals surface area (Å²) in [6.45, 7) is 0.804. The first-order chi connectivity index (χ1) is 7.24. The molecular weight excluding hydrogens is 192 g/mol. The molecule has 0 bridgehead atoms. The highest BCUT2D eigenvalue weighted by atomic mass is 16.3. The first-order valence-corrected chi connectivity index (χ1v) is 5.89. The first kappa shape index (κ1) is 10.7. The second-order valence-corrected chi connectivity index (χ2v) is 4.97. The summed E-state index contributed by atoms with van der Waals surface area (Å²) in [6, 6.07) is 0.302. The van der Waals surface area contributed by atoms with Crippen LogP contribution in [0.2, 0.25) is 0 Å². The number of hydrogen-bond donors (Lipinski definition) is 3. The van der Waals surface area contributed by atoms with Gasteiger partial charge in [0.1, 0.15) is 0 Å². The Morgan fingerprint density at radius 2 is 2.00 bits per heavy atom. The maximum Gasteiger partial charge on any atom is 0.315 e. The highest BCUT2D eigenvalue weighted by Crippen LogP contribution is 2.44. The Bertz CT molecular complexity index is 233. The minimum atomic E-state index is -0.0679. The van der Waals surface area contributed by atoms with Gasteiger partial charge in [0.05, 0.1) is 6.61 Å². The molecule has 0 aromatic heterocycles. The summed E-state index contributed by atoms with van der Waals surface area (Å²) in [7, 11) is 0. The van der Waals surface area contributed by atoms with Crippen molar-refractivity contribution >= 4 is 6.03 Å². The highest BCUT2D eigenvalue weighted by molar-refractivity contribution is 5.74. The second-order valence-electron chi connectivity index (χ2n) is 4.97. The lowest BCUT2D eigenvalue weighted by Crippen LogP contribution is -2.43. The quantitative estimate of drug-likeness (QED) is 0.651. The molecule has 2 saturated carbocycles. The van der Waals surface area contributed by atoms with Gasteiger partial charge in [-0.05, 0) is 25.7 Å². The standard InChI is InChI=1S/C11H20N2O2/c14-8-11(5-6-11)7-12-10(15)13-9-3-1-2-4-9/h9,14H,1-8H2,(H2,12,13,15).